The van der Waals surface area contributed by atoms with E-state index >= 15 is 0 Å². The number of nitrogens with zero attached hydrogens (tertiary/aromatic N) is 2. The molecule has 0 saturated carbocycles. The van der Waals surface area contributed by atoms with E-state index in [1.807, 2.05) is 30.3 Å². The van der Waals surface area contributed by atoms with Crippen molar-refractivity contribution in [2.75, 3.05) is 25.1 Å². The minimum atomic E-state index is -3.02. The molecule has 0 radical (unpaired) electrons. The second-order valence-electron chi connectivity index (χ2n) is 6.24. The molecule has 1 aliphatic rings. The maximum Gasteiger partial charge on any atom is 0.224 e. The van der Waals surface area contributed by atoms with Crippen molar-refractivity contribution in [1.29, 1.82) is 0 Å². The van der Waals surface area contributed by atoms with Crippen LogP contribution in [0, 0.1) is 0 Å². The molecular weight excluding hydrogens is 328 g/mol. The number of carbonyl (C=O) groups excluding carboxylic acids is 2. The van der Waals surface area contributed by atoms with Crippen molar-refractivity contribution in [1.82, 2.24) is 9.80 Å². The van der Waals surface area contributed by atoms with Gasteiger partial charge in [0.25, 0.3) is 0 Å². The van der Waals surface area contributed by atoms with Gasteiger partial charge in [-0.1, -0.05) is 30.3 Å². The van der Waals surface area contributed by atoms with Crippen LogP contribution in [0.3, 0.4) is 0 Å². The highest BCUT2D eigenvalue weighted by Gasteiger charge is 2.32. The minimum Gasteiger partial charge on any atom is -0.342 e. The third kappa shape index (κ3) is 5.06. The fourth-order valence-electron chi connectivity index (χ4n) is 2.84. The lowest BCUT2D eigenvalue weighted by Crippen LogP contribution is -2.40. The van der Waals surface area contributed by atoms with Gasteiger partial charge in [0.2, 0.25) is 11.8 Å². The van der Waals surface area contributed by atoms with Gasteiger partial charge < -0.3 is 9.80 Å². The quantitative estimate of drug-likeness (QED) is 0.767. The van der Waals surface area contributed by atoms with E-state index in [0.717, 1.165) is 5.56 Å². The molecule has 2 rings (SSSR count). The third-order valence-corrected chi connectivity index (χ3v) is 6.16. The first-order valence-corrected chi connectivity index (χ1v) is 9.86. The predicted octanol–water partition coefficient (Wildman–Crippen LogP) is 1.07. The molecule has 2 amide bonds. The van der Waals surface area contributed by atoms with Crippen molar-refractivity contribution in [2.24, 2.45) is 0 Å². The van der Waals surface area contributed by atoms with E-state index in [0.29, 0.717) is 19.5 Å². The molecule has 1 heterocycles. The van der Waals surface area contributed by atoms with E-state index in [1.165, 1.54) is 11.8 Å². The molecule has 0 N–H and O–H groups in total. The van der Waals surface area contributed by atoms with Crippen LogP contribution in [0.15, 0.2) is 30.3 Å². The lowest BCUT2D eigenvalue weighted by atomic mass is 10.2. The number of rotatable bonds is 6. The highest BCUT2D eigenvalue weighted by molar-refractivity contribution is 7.91. The first kappa shape index (κ1) is 18.4. The molecule has 1 saturated heterocycles. The van der Waals surface area contributed by atoms with Crippen LogP contribution in [0.2, 0.25) is 0 Å². The van der Waals surface area contributed by atoms with Gasteiger partial charge in [-0.2, -0.15) is 0 Å². The Morgan fingerprint density at radius 2 is 1.88 bits per heavy atom. The van der Waals surface area contributed by atoms with Crippen molar-refractivity contribution in [3.05, 3.63) is 35.9 Å². The lowest BCUT2D eigenvalue weighted by Gasteiger charge is -2.26. The molecule has 6 nitrogen and oxygen atoms in total. The zero-order valence-electron chi connectivity index (χ0n) is 14.1. The number of amides is 2. The van der Waals surface area contributed by atoms with E-state index in [-0.39, 0.29) is 35.8 Å². The molecule has 0 spiro atoms. The summed E-state index contributed by atoms with van der Waals surface area (Å²) >= 11 is 0. The van der Waals surface area contributed by atoms with Crippen molar-refractivity contribution in [3.63, 3.8) is 0 Å². The molecule has 7 heteroatoms. The Morgan fingerprint density at radius 1 is 1.21 bits per heavy atom. The minimum absolute atomic E-state index is 0.0374. The smallest absolute Gasteiger partial charge is 0.224 e. The second kappa shape index (κ2) is 7.79. The Morgan fingerprint density at radius 3 is 2.42 bits per heavy atom. The van der Waals surface area contributed by atoms with Gasteiger partial charge in [0.15, 0.2) is 9.84 Å². The Hall–Kier alpha value is -1.89. The van der Waals surface area contributed by atoms with Gasteiger partial charge in [0, 0.05) is 39.5 Å². The van der Waals surface area contributed by atoms with Crippen LogP contribution >= 0.6 is 0 Å². The van der Waals surface area contributed by atoms with Crippen LogP contribution in [0.25, 0.3) is 0 Å². The summed E-state index contributed by atoms with van der Waals surface area (Å²) in [6.45, 7) is 2.28. The first-order chi connectivity index (χ1) is 11.3. The predicted molar refractivity (Wildman–Crippen MR) is 92.0 cm³/mol. The van der Waals surface area contributed by atoms with Crippen molar-refractivity contribution in [2.45, 2.75) is 32.4 Å². The topological polar surface area (TPSA) is 74.8 Å². The average Bonchev–Trinajstić information content (AvgIpc) is 2.91. The van der Waals surface area contributed by atoms with Gasteiger partial charge in [-0.3, -0.25) is 9.59 Å². The fraction of sp³-hybridized carbons (Fsp3) is 0.529. The van der Waals surface area contributed by atoms with Gasteiger partial charge in [0.1, 0.15) is 0 Å². The average molecular weight is 352 g/mol. The van der Waals surface area contributed by atoms with Crippen LogP contribution in [0.4, 0.5) is 0 Å². The summed E-state index contributed by atoms with van der Waals surface area (Å²) < 4.78 is 23.1. The summed E-state index contributed by atoms with van der Waals surface area (Å²) in [4.78, 5) is 27.3. The summed E-state index contributed by atoms with van der Waals surface area (Å²) in [6, 6.07) is 9.36. The molecule has 0 aromatic heterocycles. The van der Waals surface area contributed by atoms with Gasteiger partial charge in [-0.15, -0.1) is 0 Å². The molecule has 24 heavy (non-hydrogen) atoms. The van der Waals surface area contributed by atoms with Crippen LogP contribution < -0.4 is 0 Å². The summed E-state index contributed by atoms with van der Waals surface area (Å²) in [6.07, 6.45) is 0.685. The van der Waals surface area contributed by atoms with E-state index in [4.69, 9.17) is 0 Å². The SMILES string of the molecule is CC(=O)N(CCC(=O)N(C)C1CCS(=O)(=O)C1)Cc1ccccc1. The number of hydrogen-bond acceptors (Lipinski definition) is 4. The fourth-order valence-corrected chi connectivity index (χ4v) is 4.62. The summed E-state index contributed by atoms with van der Waals surface area (Å²) in [5.41, 5.74) is 1.01. The maximum absolute atomic E-state index is 12.3. The first-order valence-electron chi connectivity index (χ1n) is 8.04. The van der Waals surface area contributed by atoms with Gasteiger partial charge in [-0.05, 0) is 12.0 Å². The van der Waals surface area contributed by atoms with E-state index in [1.54, 1.807) is 11.9 Å². The summed E-state index contributed by atoms with van der Waals surface area (Å²) in [7, 11) is -1.38. The van der Waals surface area contributed by atoms with E-state index < -0.39 is 9.84 Å². The second-order valence-corrected chi connectivity index (χ2v) is 8.47. The Kier molecular flexibility index (Phi) is 5.99. The third-order valence-electron chi connectivity index (χ3n) is 4.41. The molecule has 1 atom stereocenters. The van der Waals surface area contributed by atoms with Crippen LogP contribution in [-0.4, -0.2) is 61.2 Å². The molecular formula is C17H24N2O4S. The molecule has 1 fully saturated rings. The highest BCUT2D eigenvalue weighted by Crippen LogP contribution is 2.17. The van der Waals surface area contributed by atoms with Gasteiger partial charge in [-0.25, -0.2) is 8.42 Å². The van der Waals surface area contributed by atoms with Crippen LogP contribution in [0.1, 0.15) is 25.3 Å². The van der Waals surface area contributed by atoms with Crippen molar-refractivity contribution < 1.29 is 18.0 Å². The standard InChI is InChI=1S/C17H24N2O4S/c1-14(20)19(12-15-6-4-3-5-7-15)10-8-17(21)18(2)16-9-11-24(22,23)13-16/h3-7,16H,8-13H2,1-2H3. The highest BCUT2D eigenvalue weighted by atomic mass is 32.2. The maximum atomic E-state index is 12.3. The van der Waals surface area contributed by atoms with Gasteiger partial charge in [0.05, 0.1) is 11.5 Å². The van der Waals surface area contributed by atoms with Crippen molar-refractivity contribution >= 4 is 21.7 Å². The largest absolute Gasteiger partial charge is 0.342 e. The Balaban J connectivity index is 1.89. The summed E-state index contributed by atoms with van der Waals surface area (Å²) in [5.74, 6) is -0.0346. The van der Waals surface area contributed by atoms with Crippen molar-refractivity contribution in [3.8, 4) is 0 Å². The van der Waals surface area contributed by atoms with Crippen LogP contribution in [0.5, 0.6) is 0 Å². The molecule has 1 aliphatic heterocycles. The Bertz CT molecular complexity index is 688. The van der Waals surface area contributed by atoms with E-state index in [9.17, 15) is 18.0 Å². The Labute approximate surface area is 143 Å². The number of hydrogen-bond donors (Lipinski definition) is 0. The molecule has 132 valence electrons. The monoisotopic (exact) mass is 352 g/mol. The molecule has 1 aromatic carbocycles. The zero-order chi connectivity index (χ0) is 17.7. The molecule has 0 aliphatic carbocycles. The number of carbonyl (C=O) groups is 2. The number of benzene rings is 1. The summed E-state index contributed by atoms with van der Waals surface area (Å²) in [5, 5.41) is 0. The molecule has 1 aromatic rings. The van der Waals surface area contributed by atoms with Gasteiger partial charge >= 0.3 is 0 Å². The molecule has 1 unspecified atom stereocenters. The normalized spacial score (nSPS) is 19.0. The van der Waals surface area contributed by atoms with E-state index in [2.05, 4.69) is 0 Å². The zero-order valence-corrected chi connectivity index (χ0v) is 15.0. The number of sulfone groups is 1. The van der Waals surface area contributed by atoms with Crippen LogP contribution in [-0.2, 0) is 26.0 Å². The lowest BCUT2D eigenvalue weighted by molar-refractivity contribution is -0.134. The molecule has 0 bridgehead atoms.